The molecule has 116 valence electrons. The Balaban J connectivity index is 0.000000486. The normalized spacial score (nSPS) is 12.7. The number of carboxylic acid groups (broad SMARTS) is 1. The molecule has 4 N–H and O–H groups in total. The highest BCUT2D eigenvalue weighted by Gasteiger charge is 2.31. The fourth-order valence-corrected chi connectivity index (χ4v) is 1.65. The lowest BCUT2D eigenvalue weighted by Crippen LogP contribution is -2.25. The number of hydrogen-bond acceptors (Lipinski definition) is 5. The molecule has 3 atom stereocenters. The van der Waals surface area contributed by atoms with E-state index < -0.39 is 22.5 Å². The zero-order valence-corrected chi connectivity index (χ0v) is 13.0. The molecule has 1 aromatic rings. The van der Waals surface area contributed by atoms with Crippen molar-refractivity contribution >= 4 is 22.5 Å². The molecule has 10 heteroatoms. The fourth-order valence-electron chi connectivity index (χ4n) is 1.18. The molecular formula is C11H17NO7P2+2. The van der Waals surface area contributed by atoms with E-state index in [1.54, 1.807) is 6.92 Å². The van der Waals surface area contributed by atoms with Crippen LogP contribution in [-0.2, 0) is 24.8 Å². The van der Waals surface area contributed by atoms with Gasteiger partial charge >= 0.3 is 22.5 Å². The molecular weight excluding hydrogens is 320 g/mol. The van der Waals surface area contributed by atoms with E-state index in [0.29, 0.717) is 6.54 Å². The van der Waals surface area contributed by atoms with Gasteiger partial charge in [0.1, 0.15) is 0 Å². The van der Waals surface area contributed by atoms with Crippen molar-refractivity contribution in [3.63, 3.8) is 0 Å². The van der Waals surface area contributed by atoms with Crippen molar-refractivity contribution in [2.75, 3.05) is 6.54 Å². The average molecular weight is 337 g/mol. The van der Waals surface area contributed by atoms with Gasteiger partial charge in [0.2, 0.25) is 0 Å². The van der Waals surface area contributed by atoms with Crippen LogP contribution < -0.4 is 5.32 Å². The van der Waals surface area contributed by atoms with Crippen LogP contribution in [0.4, 0.5) is 0 Å². The van der Waals surface area contributed by atoms with E-state index in [2.05, 4.69) is 9.63 Å². The van der Waals surface area contributed by atoms with Crippen LogP contribution in [-0.4, -0.2) is 27.4 Å². The monoisotopic (exact) mass is 337 g/mol. The summed E-state index contributed by atoms with van der Waals surface area (Å²) in [5, 5.41) is 11.7. The second kappa shape index (κ2) is 11.4. The van der Waals surface area contributed by atoms with Crippen molar-refractivity contribution in [2.24, 2.45) is 5.92 Å². The van der Waals surface area contributed by atoms with Gasteiger partial charge in [0.25, 0.3) is 0 Å². The van der Waals surface area contributed by atoms with Crippen molar-refractivity contribution in [1.29, 1.82) is 0 Å². The van der Waals surface area contributed by atoms with Gasteiger partial charge < -0.3 is 10.4 Å². The van der Waals surface area contributed by atoms with Gasteiger partial charge in [-0.05, 0) is 5.56 Å². The Morgan fingerprint density at radius 2 is 1.76 bits per heavy atom. The molecule has 0 bridgehead atoms. The number of carbonyl (C=O) groups is 1. The maximum Gasteiger partial charge on any atom is 0.745 e. The smallest absolute Gasteiger partial charge is 0.481 e. The molecule has 0 heterocycles. The van der Waals surface area contributed by atoms with Gasteiger partial charge in [-0.1, -0.05) is 37.3 Å². The number of carboxylic acids is 1. The molecule has 0 saturated carbocycles. The second-order valence-electron chi connectivity index (χ2n) is 3.91. The highest BCUT2D eigenvalue weighted by Crippen LogP contribution is 2.30. The molecule has 0 aliphatic carbocycles. The average Bonchev–Trinajstić information content (AvgIpc) is 2.38. The first-order chi connectivity index (χ1) is 9.82. The molecule has 3 unspecified atom stereocenters. The van der Waals surface area contributed by atoms with Crippen LogP contribution in [0.25, 0.3) is 0 Å². The second-order valence-corrected chi connectivity index (χ2v) is 5.52. The Labute approximate surface area is 123 Å². The van der Waals surface area contributed by atoms with Crippen LogP contribution in [0.1, 0.15) is 12.5 Å². The molecule has 21 heavy (non-hydrogen) atoms. The zero-order chi connectivity index (χ0) is 16.3. The number of rotatable bonds is 7. The van der Waals surface area contributed by atoms with E-state index in [9.17, 15) is 13.9 Å². The molecule has 0 aliphatic rings. The van der Waals surface area contributed by atoms with Gasteiger partial charge in [-0.2, -0.15) is 0 Å². The topological polar surface area (TPSA) is 133 Å². The molecule has 0 spiro atoms. The first-order valence-corrected chi connectivity index (χ1v) is 8.06. The summed E-state index contributed by atoms with van der Waals surface area (Å²) in [6.07, 6.45) is 0. The number of hydrogen-bond donors (Lipinski definition) is 4. The molecule has 8 nitrogen and oxygen atoms in total. The first kappa shape index (κ1) is 19.7. The highest BCUT2D eigenvalue weighted by atomic mass is 31.2. The largest absolute Gasteiger partial charge is 0.745 e. The van der Waals surface area contributed by atoms with Gasteiger partial charge in [0.05, 0.1) is 5.92 Å². The van der Waals surface area contributed by atoms with Gasteiger partial charge in [-0.3, -0.25) is 4.79 Å². The van der Waals surface area contributed by atoms with Gasteiger partial charge in [0, 0.05) is 22.2 Å². The van der Waals surface area contributed by atoms with Crippen LogP contribution in [0.15, 0.2) is 30.3 Å². The minimum Gasteiger partial charge on any atom is -0.481 e. The molecule has 1 aromatic carbocycles. The van der Waals surface area contributed by atoms with Crippen molar-refractivity contribution in [2.45, 2.75) is 13.5 Å². The van der Waals surface area contributed by atoms with Crippen molar-refractivity contribution < 1.29 is 33.1 Å². The molecule has 0 aromatic heterocycles. The van der Waals surface area contributed by atoms with Crippen molar-refractivity contribution in [3.05, 3.63) is 35.9 Å². The van der Waals surface area contributed by atoms with E-state index in [-0.39, 0.29) is 5.92 Å². The predicted octanol–water partition coefficient (Wildman–Crippen LogP) is 1.80. The van der Waals surface area contributed by atoms with Gasteiger partial charge in [-0.15, -0.1) is 9.79 Å². The first-order valence-electron chi connectivity index (χ1n) is 5.80. The highest BCUT2D eigenvalue weighted by molar-refractivity contribution is 7.46. The van der Waals surface area contributed by atoms with Crippen molar-refractivity contribution in [1.82, 2.24) is 5.32 Å². The van der Waals surface area contributed by atoms with Crippen LogP contribution in [0.2, 0.25) is 0 Å². The molecule has 0 radical (unpaired) electrons. The third-order valence-electron chi connectivity index (χ3n) is 2.18. The van der Waals surface area contributed by atoms with Crippen LogP contribution in [0.5, 0.6) is 0 Å². The summed E-state index contributed by atoms with van der Waals surface area (Å²) in [5.41, 5.74) is 1.17. The quantitative estimate of drug-likeness (QED) is 0.554. The SMILES string of the molecule is CC(CNCc1ccccc1)C(=O)O.O=[P+](O)O[P+](=O)O. The Morgan fingerprint density at radius 3 is 2.14 bits per heavy atom. The Morgan fingerprint density at radius 1 is 1.24 bits per heavy atom. The lowest BCUT2D eigenvalue weighted by atomic mass is 10.2. The summed E-state index contributed by atoms with van der Waals surface area (Å²) < 4.78 is 22.2. The summed E-state index contributed by atoms with van der Waals surface area (Å²) in [5.74, 6) is -1.09. The Bertz CT molecular complexity index is 457. The maximum atomic E-state index is 10.5. The third-order valence-corrected chi connectivity index (χ3v) is 3.30. The lowest BCUT2D eigenvalue weighted by molar-refractivity contribution is -0.140. The van der Waals surface area contributed by atoms with Crippen LogP contribution in [0.3, 0.4) is 0 Å². The lowest BCUT2D eigenvalue weighted by Gasteiger charge is -2.07. The Hall–Kier alpha value is -1.27. The maximum absolute atomic E-state index is 10.5. The predicted molar refractivity (Wildman–Crippen MR) is 75.7 cm³/mol. The van der Waals surface area contributed by atoms with Gasteiger partial charge in [0.15, 0.2) is 4.31 Å². The number of benzene rings is 1. The van der Waals surface area contributed by atoms with E-state index >= 15 is 0 Å². The fraction of sp³-hybridized carbons (Fsp3) is 0.364. The minimum atomic E-state index is -2.92. The summed E-state index contributed by atoms with van der Waals surface area (Å²) in [6.45, 7) is 2.92. The summed E-state index contributed by atoms with van der Waals surface area (Å²) in [6, 6.07) is 9.93. The van der Waals surface area contributed by atoms with Crippen LogP contribution >= 0.6 is 16.5 Å². The molecule has 0 saturated heterocycles. The van der Waals surface area contributed by atoms with E-state index in [1.165, 1.54) is 5.56 Å². The standard InChI is InChI=1S/C11H15NO2.O5P2/c1-9(11(13)14)7-12-8-10-5-3-2-4-6-10;1-6(2)5-7(3)4/h2-6,9,12H,7-8H2,1H3,(H,13,14);/p+2. The van der Waals surface area contributed by atoms with Crippen LogP contribution in [0, 0.1) is 5.92 Å². The summed E-state index contributed by atoms with van der Waals surface area (Å²) >= 11 is 0. The van der Waals surface area contributed by atoms with E-state index in [1.807, 2.05) is 30.3 Å². The molecule has 1 rings (SSSR count). The zero-order valence-electron chi connectivity index (χ0n) is 11.2. The number of nitrogens with one attached hydrogen (secondary N) is 1. The minimum absolute atomic E-state index is 0.335. The molecule has 0 aliphatic heterocycles. The number of aliphatic carboxylic acids is 1. The van der Waals surface area contributed by atoms with Crippen molar-refractivity contribution in [3.8, 4) is 0 Å². The van der Waals surface area contributed by atoms with E-state index in [0.717, 1.165) is 6.54 Å². The molecule has 0 fully saturated rings. The molecule has 0 amide bonds. The summed E-state index contributed by atoms with van der Waals surface area (Å²) in [4.78, 5) is 25.8. The van der Waals surface area contributed by atoms with Gasteiger partial charge in [-0.25, -0.2) is 0 Å². The Kier molecular flexibility index (Phi) is 10.7. The van der Waals surface area contributed by atoms with E-state index in [4.69, 9.17) is 14.9 Å². The third kappa shape index (κ3) is 12.2. The summed E-state index contributed by atoms with van der Waals surface area (Å²) in [7, 11) is -5.85.